The van der Waals surface area contributed by atoms with Gasteiger partial charge in [0.1, 0.15) is 11.5 Å². The van der Waals surface area contributed by atoms with Gasteiger partial charge in [-0.3, -0.25) is 10.1 Å². The van der Waals surface area contributed by atoms with Gasteiger partial charge in [-0.2, -0.15) is 0 Å². The number of aryl methyl sites for hydroxylation is 1. The van der Waals surface area contributed by atoms with Crippen LogP contribution in [0.15, 0.2) is 12.1 Å². The van der Waals surface area contributed by atoms with E-state index in [0.717, 1.165) is 12.8 Å². The second-order valence-corrected chi connectivity index (χ2v) is 3.92. The summed E-state index contributed by atoms with van der Waals surface area (Å²) in [5, 5.41) is 13.8. The normalized spacial score (nSPS) is 12.2. The summed E-state index contributed by atoms with van der Waals surface area (Å²) in [6.07, 6.45) is 1.98. The van der Waals surface area contributed by atoms with E-state index in [9.17, 15) is 10.1 Å². The molecule has 0 amide bonds. The zero-order chi connectivity index (χ0) is 12.8. The lowest BCUT2D eigenvalue weighted by Gasteiger charge is -2.16. The number of hydrogen-bond donors (Lipinski definition) is 2. The number of nitrogens with two attached hydrogens (primary N) is 1. The van der Waals surface area contributed by atoms with Gasteiger partial charge in [-0.15, -0.1) is 0 Å². The lowest BCUT2D eigenvalue weighted by atomic mass is 10.1. The van der Waals surface area contributed by atoms with Crippen molar-refractivity contribution in [3.05, 3.63) is 27.9 Å². The van der Waals surface area contributed by atoms with Gasteiger partial charge in [0.25, 0.3) is 5.69 Å². The monoisotopic (exact) mass is 238 g/mol. The lowest BCUT2D eigenvalue weighted by molar-refractivity contribution is -0.385. The van der Waals surface area contributed by atoms with Crippen molar-refractivity contribution in [3.8, 4) is 0 Å². The standard InChI is InChI=1S/C11H18N4O2/c1-3-4-9(7-12)14-11-6-5-10(15(16)17)8(2)13-11/h5-6,9H,3-4,7,12H2,1-2H3,(H,13,14). The number of pyridine rings is 1. The summed E-state index contributed by atoms with van der Waals surface area (Å²) in [6, 6.07) is 3.24. The van der Waals surface area contributed by atoms with E-state index in [2.05, 4.69) is 17.2 Å². The van der Waals surface area contributed by atoms with Crippen LogP contribution in [0.2, 0.25) is 0 Å². The molecule has 1 aromatic heterocycles. The molecule has 0 aliphatic heterocycles. The highest BCUT2D eigenvalue weighted by atomic mass is 16.6. The first-order valence-electron chi connectivity index (χ1n) is 5.67. The Labute approximate surface area is 100 Å². The maximum atomic E-state index is 10.6. The molecule has 0 aliphatic carbocycles. The van der Waals surface area contributed by atoms with Gasteiger partial charge in [-0.1, -0.05) is 13.3 Å². The fraction of sp³-hybridized carbons (Fsp3) is 0.545. The minimum atomic E-state index is -0.432. The molecule has 0 aliphatic rings. The van der Waals surface area contributed by atoms with Gasteiger partial charge in [0.15, 0.2) is 0 Å². The summed E-state index contributed by atoms with van der Waals surface area (Å²) in [6.45, 7) is 4.23. The maximum Gasteiger partial charge on any atom is 0.290 e. The lowest BCUT2D eigenvalue weighted by Crippen LogP contribution is -2.29. The molecule has 1 heterocycles. The first-order valence-corrected chi connectivity index (χ1v) is 5.67. The second kappa shape index (κ2) is 6.15. The van der Waals surface area contributed by atoms with Gasteiger partial charge in [0.2, 0.25) is 0 Å². The van der Waals surface area contributed by atoms with E-state index in [1.54, 1.807) is 13.0 Å². The van der Waals surface area contributed by atoms with Gasteiger partial charge < -0.3 is 11.1 Å². The Morgan fingerprint density at radius 1 is 1.59 bits per heavy atom. The van der Waals surface area contributed by atoms with Gasteiger partial charge >= 0.3 is 0 Å². The first kappa shape index (κ1) is 13.4. The van der Waals surface area contributed by atoms with Crippen molar-refractivity contribution < 1.29 is 4.92 Å². The minimum absolute atomic E-state index is 0.0374. The van der Waals surface area contributed by atoms with Crippen LogP contribution < -0.4 is 11.1 Å². The number of nitrogens with one attached hydrogen (secondary N) is 1. The molecule has 0 bridgehead atoms. The van der Waals surface area contributed by atoms with E-state index >= 15 is 0 Å². The van der Waals surface area contributed by atoms with E-state index in [1.807, 2.05) is 0 Å². The van der Waals surface area contributed by atoms with Crippen molar-refractivity contribution in [2.45, 2.75) is 32.7 Å². The molecule has 1 rings (SSSR count). The van der Waals surface area contributed by atoms with Crippen LogP contribution in [0.4, 0.5) is 11.5 Å². The van der Waals surface area contributed by atoms with Gasteiger partial charge in [0.05, 0.1) is 4.92 Å². The molecule has 1 unspecified atom stereocenters. The molecular formula is C11H18N4O2. The number of aromatic nitrogens is 1. The van der Waals surface area contributed by atoms with E-state index in [0.29, 0.717) is 18.1 Å². The maximum absolute atomic E-state index is 10.6. The van der Waals surface area contributed by atoms with E-state index < -0.39 is 4.92 Å². The zero-order valence-electron chi connectivity index (χ0n) is 10.1. The quantitative estimate of drug-likeness (QED) is 0.582. The number of anilines is 1. The molecule has 3 N–H and O–H groups in total. The van der Waals surface area contributed by atoms with Crippen molar-refractivity contribution in [3.63, 3.8) is 0 Å². The molecule has 0 radical (unpaired) electrons. The van der Waals surface area contributed by atoms with E-state index in [-0.39, 0.29) is 11.7 Å². The molecule has 94 valence electrons. The van der Waals surface area contributed by atoms with Crippen LogP contribution in [-0.2, 0) is 0 Å². The molecule has 0 saturated heterocycles. The Kier molecular flexibility index (Phi) is 4.84. The Balaban J connectivity index is 2.79. The summed E-state index contributed by atoms with van der Waals surface area (Å²) in [7, 11) is 0. The molecule has 1 atom stereocenters. The van der Waals surface area contributed by atoms with Crippen LogP contribution in [0.25, 0.3) is 0 Å². The molecule has 6 heteroatoms. The van der Waals surface area contributed by atoms with Gasteiger partial charge in [-0.05, 0) is 19.4 Å². The van der Waals surface area contributed by atoms with Gasteiger partial charge in [0, 0.05) is 18.7 Å². The molecule has 0 spiro atoms. The van der Waals surface area contributed by atoms with Crippen LogP contribution in [0.1, 0.15) is 25.5 Å². The fourth-order valence-electron chi connectivity index (χ4n) is 1.63. The second-order valence-electron chi connectivity index (χ2n) is 3.92. The summed E-state index contributed by atoms with van der Waals surface area (Å²) in [5.74, 6) is 0.636. The molecular weight excluding hydrogens is 220 g/mol. The van der Waals surface area contributed by atoms with Crippen molar-refractivity contribution in [1.29, 1.82) is 0 Å². The molecule has 17 heavy (non-hydrogen) atoms. The number of nitro groups is 1. The van der Waals surface area contributed by atoms with Crippen molar-refractivity contribution >= 4 is 11.5 Å². The van der Waals surface area contributed by atoms with Crippen LogP contribution in [-0.4, -0.2) is 22.5 Å². The summed E-state index contributed by atoms with van der Waals surface area (Å²) in [5.41, 5.74) is 6.07. The predicted molar refractivity (Wildman–Crippen MR) is 67.0 cm³/mol. The minimum Gasteiger partial charge on any atom is -0.366 e. The summed E-state index contributed by atoms with van der Waals surface area (Å²) >= 11 is 0. The average Bonchev–Trinajstić information content (AvgIpc) is 2.28. The van der Waals surface area contributed by atoms with Crippen molar-refractivity contribution in [1.82, 2.24) is 4.98 Å². The predicted octanol–water partition coefficient (Wildman–Crippen LogP) is 1.84. The van der Waals surface area contributed by atoms with Gasteiger partial charge in [-0.25, -0.2) is 4.98 Å². The third-order valence-corrected chi connectivity index (χ3v) is 2.53. The van der Waals surface area contributed by atoms with Crippen LogP contribution in [0, 0.1) is 17.0 Å². The molecule has 0 aromatic carbocycles. The SMILES string of the molecule is CCCC(CN)Nc1ccc([N+](=O)[O-])c(C)n1. The summed E-state index contributed by atoms with van der Waals surface area (Å²) in [4.78, 5) is 14.4. The number of hydrogen-bond acceptors (Lipinski definition) is 5. The highest BCUT2D eigenvalue weighted by Gasteiger charge is 2.13. The third kappa shape index (κ3) is 3.67. The topological polar surface area (TPSA) is 94.1 Å². The fourth-order valence-corrected chi connectivity index (χ4v) is 1.63. The Morgan fingerprint density at radius 2 is 2.29 bits per heavy atom. The zero-order valence-corrected chi connectivity index (χ0v) is 10.1. The van der Waals surface area contributed by atoms with E-state index in [4.69, 9.17) is 5.73 Å². The number of nitrogens with zero attached hydrogens (tertiary/aromatic N) is 2. The first-order chi connectivity index (χ1) is 8.08. The molecule has 6 nitrogen and oxygen atoms in total. The molecule has 0 fully saturated rings. The van der Waals surface area contributed by atoms with E-state index in [1.165, 1.54) is 6.07 Å². The smallest absolute Gasteiger partial charge is 0.290 e. The Hall–Kier alpha value is -1.69. The third-order valence-electron chi connectivity index (χ3n) is 2.53. The Morgan fingerprint density at radius 3 is 2.76 bits per heavy atom. The summed E-state index contributed by atoms with van der Waals surface area (Å²) < 4.78 is 0. The Bertz CT molecular complexity index is 395. The highest BCUT2D eigenvalue weighted by Crippen LogP contribution is 2.18. The van der Waals surface area contributed by atoms with Crippen molar-refractivity contribution in [2.75, 3.05) is 11.9 Å². The van der Waals surface area contributed by atoms with Crippen LogP contribution in [0.5, 0.6) is 0 Å². The molecule has 0 saturated carbocycles. The largest absolute Gasteiger partial charge is 0.366 e. The van der Waals surface area contributed by atoms with Crippen molar-refractivity contribution in [2.24, 2.45) is 5.73 Å². The average molecular weight is 238 g/mol. The van der Waals surface area contributed by atoms with Crippen LogP contribution in [0.3, 0.4) is 0 Å². The highest BCUT2D eigenvalue weighted by molar-refractivity contribution is 5.45. The number of rotatable bonds is 6. The molecule has 1 aromatic rings. The van der Waals surface area contributed by atoms with Crippen LogP contribution >= 0.6 is 0 Å².